The zero-order chi connectivity index (χ0) is 10.4. The molecule has 0 aliphatic heterocycles. The molecule has 1 saturated carbocycles. The van der Waals surface area contributed by atoms with Crippen LogP contribution in [0.15, 0.2) is 24.5 Å². The number of carbonyl (C=O) groups is 1. The van der Waals surface area contributed by atoms with E-state index in [0.717, 1.165) is 12.8 Å². The molecule has 1 fully saturated rings. The van der Waals surface area contributed by atoms with Crippen molar-refractivity contribution in [2.75, 3.05) is 0 Å². The molecule has 78 valence electrons. The minimum Gasteiger partial charge on any atom is -0.428 e. The Balaban J connectivity index is 2.36. The normalized spacial score (nSPS) is 18.4. The van der Waals surface area contributed by atoms with Crippen molar-refractivity contribution in [1.82, 2.24) is 0 Å². The number of hydrogen-bond donors (Lipinski definition) is 0. The Hall–Kier alpha value is -1.05. The quantitative estimate of drug-likeness (QED) is 0.392. The molecule has 0 N–H and O–H groups in total. The molecule has 0 aromatic heterocycles. The Morgan fingerprint density at radius 3 is 2.57 bits per heavy atom. The first-order valence-electron chi connectivity index (χ1n) is 5.27. The first-order chi connectivity index (χ1) is 6.74. The van der Waals surface area contributed by atoms with E-state index in [1.165, 1.54) is 25.3 Å². The Labute approximate surface area is 85.6 Å². The third-order valence-corrected chi connectivity index (χ3v) is 2.59. The molecule has 1 aliphatic carbocycles. The number of allylic oxidation sites excluding steroid dienone is 2. The lowest BCUT2D eigenvalue weighted by Gasteiger charge is -2.22. The van der Waals surface area contributed by atoms with Crippen LogP contribution in [0.5, 0.6) is 0 Å². The molecule has 14 heavy (non-hydrogen) atoms. The largest absolute Gasteiger partial charge is 0.428 e. The van der Waals surface area contributed by atoms with Crippen LogP contribution >= 0.6 is 0 Å². The lowest BCUT2D eigenvalue weighted by atomic mass is 9.88. The molecular formula is C12H18O2. The predicted octanol–water partition coefficient (Wildman–Crippen LogP) is 3.20. The number of esters is 1. The zero-order valence-electron chi connectivity index (χ0n) is 8.79. The molecule has 0 bridgehead atoms. The van der Waals surface area contributed by atoms with Crippen LogP contribution < -0.4 is 0 Å². The summed E-state index contributed by atoms with van der Waals surface area (Å²) in [4.78, 5) is 11.1. The summed E-state index contributed by atoms with van der Waals surface area (Å²) >= 11 is 0. The van der Waals surface area contributed by atoms with Crippen LogP contribution in [0.2, 0.25) is 0 Å². The summed E-state index contributed by atoms with van der Waals surface area (Å²) in [5.41, 5.74) is 0. The van der Waals surface area contributed by atoms with E-state index >= 15 is 0 Å². The molecule has 1 aliphatic rings. The van der Waals surface area contributed by atoms with Gasteiger partial charge in [-0.15, -0.1) is 0 Å². The van der Waals surface area contributed by atoms with Gasteiger partial charge in [0.05, 0.1) is 0 Å². The van der Waals surface area contributed by atoms with Gasteiger partial charge < -0.3 is 4.74 Å². The molecule has 1 rings (SSSR count). The van der Waals surface area contributed by atoms with Gasteiger partial charge in [-0.3, -0.25) is 0 Å². The van der Waals surface area contributed by atoms with Crippen LogP contribution in [0.3, 0.4) is 0 Å². The van der Waals surface area contributed by atoms with Crippen molar-refractivity contribution < 1.29 is 9.53 Å². The standard InChI is InChI=1S/C12H18O2/c1-3-7-12(13)14-10(2)11-8-5-4-6-9-11/h3,7,11H,2,4-6,8-9H2,1H3/b7-3+. The van der Waals surface area contributed by atoms with E-state index in [0.29, 0.717) is 11.7 Å². The number of hydrogen-bond acceptors (Lipinski definition) is 2. The summed E-state index contributed by atoms with van der Waals surface area (Å²) in [6, 6.07) is 0. The van der Waals surface area contributed by atoms with Crippen LogP contribution in [-0.4, -0.2) is 5.97 Å². The van der Waals surface area contributed by atoms with E-state index in [4.69, 9.17) is 4.74 Å². The van der Waals surface area contributed by atoms with Crippen LogP contribution in [-0.2, 0) is 9.53 Å². The fourth-order valence-electron chi connectivity index (χ4n) is 1.81. The molecule has 0 spiro atoms. The van der Waals surface area contributed by atoms with Gasteiger partial charge in [-0.25, -0.2) is 4.79 Å². The molecule has 0 aromatic rings. The minimum absolute atomic E-state index is 0.303. The van der Waals surface area contributed by atoms with Crippen molar-refractivity contribution in [2.24, 2.45) is 5.92 Å². The number of rotatable bonds is 3. The topological polar surface area (TPSA) is 26.3 Å². The molecule has 2 heteroatoms. The van der Waals surface area contributed by atoms with Gasteiger partial charge in [-0.2, -0.15) is 0 Å². The second kappa shape index (κ2) is 5.63. The van der Waals surface area contributed by atoms with Crippen molar-refractivity contribution in [1.29, 1.82) is 0 Å². The zero-order valence-corrected chi connectivity index (χ0v) is 8.79. The minimum atomic E-state index is -0.303. The molecule has 0 amide bonds. The van der Waals surface area contributed by atoms with Gasteiger partial charge in [0.2, 0.25) is 0 Å². The molecule has 0 atom stereocenters. The fraction of sp³-hybridized carbons (Fsp3) is 0.583. The Kier molecular flexibility index (Phi) is 4.44. The van der Waals surface area contributed by atoms with E-state index in [1.807, 2.05) is 0 Å². The summed E-state index contributed by atoms with van der Waals surface area (Å²) < 4.78 is 5.11. The molecule has 2 nitrogen and oxygen atoms in total. The highest BCUT2D eigenvalue weighted by molar-refractivity contribution is 5.82. The molecule has 0 radical (unpaired) electrons. The molecular weight excluding hydrogens is 176 g/mol. The summed E-state index contributed by atoms with van der Waals surface area (Å²) in [6.45, 7) is 5.62. The average molecular weight is 194 g/mol. The SMILES string of the molecule is C=C(OC(=O)/C=C/C)C1CCCCC1. The summed E-state index contributed by atoms with van der Waals surface area (Å²) in [5.74, 6) is 0.730. The summed E-state index contributed by atoms with van der Waals surface area (Å²) in [5, 5.41) is 0. The van der Waals surface area contributed by atoms with Crippen LogP contribution in [0.1, 0.15) is 39.0 Å². The summed E-state index contributed by atoms with van der Waals surface area (Å²) in [7, 11) is 0. The highest BCUT2D eigenvalue weighted by atomic mass is 16.5. The summed E-state index contributed by atoms with van der Waals surface area (Å²) in [6.07, 6.45) is 9.08. The predicted molar refractivity (Wildman–Crippen MR) is 56.6 cm³/mol. The van der Waals surface area contributed by atoms with Crippen LogP contribution in [0, 0.1) is 5.92 Å². The van der Waals surface area contributed by atoms with Crippen LogP contribution in [0.25, 0.3) is 0 Å². The van der Waals surface area contributed by atoms with Crippen molar-refractivity contribution in [3.8, 4) is 0 Å². The average Bonchev–Trinajstić information content (AvgIpc) is 2.19. The van der Waals surface area contributed by atoms with Crippen molar-refractivity contribution in [3.05, 3.63) is 24.5 Å². The van der Waals surface area contributed by atoms with Crippen molar-refractivity contribution in [3.63, 3.8) is 0 Å². The van der Waals surface area contributed by atoms with Crippen molar-refractivity contribution in [2.45, 2.75) is 39.0 Å². The molecule has 0 saturated heterocycles. The molecule has 0 heterocycles. The van der Waals surface area contributed by atoms with E-state index in [2.05, 4.69) is 6.58 Å². The van der Waals surface area contributed by atoms with E-state index < -0.39 is 0 Å². The maximum Gasteiger partial charge on any atom is 0.335 e. The maximum atomic E-state index is 11.1. The van der Waals surface area contributed by atoms with Gasteiger partial charge in [0.15, 0.2) is 0 Å². The smallest absolute Gasteiger partial charge is 0.335 e. The van der Waals surface area contributed by atoms with Gasteiger partial charge in [0, 0.05) is 12.0 Å². The van der Waals surface area contributed by atoms with Gasteiger partial charge in [-0.05, 0) is 19.8 Å². The third kappa shape index (κ3) is 3.36. The highest BCUT2D eigenvalue weighted by Gasteiger charge is 2.18. The van der Waals surface area contributed by atoms with Crippen LogP contribution in [0.4, 0.5) is 0 Å². The first kappa shape index (κ1) is 11.0. The third-order valence-electron chi connectivity index (χ3n) is 2.59. The molecule has 0 unspecified atom stereocenters. The highest BCUT2D eigenvalue weighted by Crippen LogP contribution is 2.29. The Bertz CT molecular complexity index is 235. The fourth-order valence-corrected chi connectivity index (χ4v) is 1.81. The number of ether oxygens (including phenoxy) is 1. The number of carbonyl (C=O) groups excluding carboxylic acids is 1. The van der Waals surface area contributed by atoms with E-state index in [9.17, 15) is 4.79 Å². The molecule has 0 aromatic carbocycles. The second-order valence-corrected chi connectivity index (χ2v) is 3.72. The van der Waals surface area contributed by atoms with Gasteiger partial charge in [-0.1, -0.05) is 31.9 Å². The van der Waals surface area contributed by atoms with Gasteiger partial charge in [0.1, 0.15) is 5.76 Å². The Morgan fingerprint density at radius 1 is 1.36 bits per heavy atom. The maximum absolute atomic E-state index is 11.1. The lowest BCUT2D eigenvalue weighted by molar-refractivity contribution is -0.134. The van der Waals surface area contributed by atoms with Gasteiger partial charge >= 0.3 is 5.97 Å². The van der Waals surface area contributed by atoms with Gasteiger partial charge in [0.25, 0.3) is 0 Å². The first-order valence-corrected chi connectivity index (χ1v) is 5.27. The second-order valence-electron chi connectivity index (χ2n) is 3.72. The Morgan fingerprint density at radius 2 is 2.00 bits per heavy atom. The van der Waals surface area contributed by atoms with E-state index in [-0.39, 0.29) is 5.97 Å². The lowest BCUT2D eigenvalue weighted by Crippen LogP contribution is -2.13. The van der Waals surface area contributed by atoms with E-state index in [1.54, 1.807) is 13.0 Å². The monoisotopic (exact) mass is 194 g/mol. The van der Waals surface area contributed by atoms with Crippen molar-refractivity contribution >= 4 is 5.97 Å².